The number of carbonyl (C=O) groups excluding carboxylic acids is 1. The van der Waals surface area contributed by atoms with E-state index in [1.807, 2.05) is 25.1 Å². The summed E-state index contributed by atoms with van der Waals surface area (Å²) in [6, 6.07) is 6.77. The van der Waals surface area contributed by atoms with Crippen LogP contribution < -0.4 is 4.74 Å². The number of rotatable bonds is 8. The Hall–Kier alpha value is -2.24. The predicted octanol–water partition coefficient (Wildman–Crippen LogP) is 4.01. The van der Waals surface area contributed by atoms with Crippen molar-refractivity contribution in [2.75, 3.05) is 27.2 Å². The quantitative estimate of drug-likeness (QED) is 0.512. The minimum Gasteiger partial charge on any atom is -0.486 e. The molecule has 26 heavy (non-hydrogen) atoms. The molecule has 2 rings (SSSR count). The number of fused-ring (bicyclic) bond motifs is 1. The maximum Gasteiger partial charge on any atom is 0.272 e. The molecule has 0 saturated carbocycles. The molecule has 1 atom stereocenters. The van der Waals surface area contributed by atoms with E-state index in [0.717, 1.165) is 0 Å². The minimum atomic E-state index is -2.58. The highest BCUT2D eigenvalue weighted by atomic mass is 79.9. The van der Waals surface area contributed by atoms with Crippen LogP contribution in [-0.2, 0) is 0 Å². The number of ketones is 1. The summed E-state index contributed by atoms with van der Waals surface area (Å²) < 4.78 is 30.2. The number of hydrogen-bond donors (Lipinski definition) is 1. The maximum absolute atomic E-state index is 12.7. The first kappa shape index (κ1) is 20.1. The van der Waals surface area contributed by atoms with E-state index in [4.69, 9.17) is 4.74 Å². The third-order valence-electron chi connectivity index (χ3n) is 3.62. The van der Waals surface area contributed by atoms with Crippen molar-refractivity contribution in [1.82, 2.24) is 9.88 Å². The Balaban J connectivity index is 2.31. The topological polar surface area (TPSA) is 69.1 Å². The van der Waals surface area contributed by atoms with Crippen LogP contribution in [0.3, 0.4) is 0 Å². The molecule has 8 heteroatoms. The summed E-state index contributed by atoms with van der Waals surface area (Å²) in [5.74, 6) is -1.10. The first-order valence-electron chi connectivity index (χ1n) is 7.72. The van der Waals surface area contributed by atoms with Gasteiger partial charge in [-0.15, -0.1) is 0 Å². The lowest BCUT2D eigenvalue weighted by Crippen LogP contribution is -2.23. The number of aromatic nitrogens is 1. The fourth-order valence-electron chi connectivity index (χ4n) is 2.52. The smallest absolute Gasteiger partial charge is 0.272 e. The predicted molar refractivity (Wildman–Crippen MR) is 98.6 cm³/mol. The fraction of sp³-hybridized carbons (Fsp3) is 0.333. The summed E-state index contributed by atoms with van der Waals surface area (Å²) >= 11 is 3.26. The monoisotopic (exact) mass is 425 g/mol. The molecule has 0 fully saturated rings. The molecule has 0 aliphatic heterocycles. The second-order valence-corrected chi connectivity index (χ2v) is 6.93. The van der Waals surface area contributed by atoms with Crippen LogP contribution >= 0.6 is 15.9 Å². The van der Waals surface area contributed by atoms with Gasteiger partial charge < -0.3 is 14.6 Å². The minimum absolute atomic E-state index is 0.254. The van der Waals surface area contributed by atoms with Crippen LogP contribution in [-0.4, -0.2) is 49.3 Å². The van der Waals surface area contributed by atoms with E-state index in [0.29, 0.717) is 27.5 Å². The number of nitriles is 1. The van der Waals surface area contributed by atoms with Gasteiger partial charge >= 0.3 is 0 Å². The van der Waals surface area contributed by atoms with Crippen LogP contribution in [0.5, 0.6) is 5.75 Å². The molecular formula is C18H18BrF2N3O2. The summed E-state index contributed by atoms with van der Waals surface area (Å²) in [4.78, 5) is 17.5. The molecule has 0 amide bonds. The van der Waals surface area contributed by atoms with Crippen LogP contribution in [0.1, 0.15) is 10.5 Å². The Labute approximate surface area is 158 Å². The number of halogens is 3. The van der Waals surface area contributed by atoms with Crippen LogP contribution in [0, 0.1) is 17.2 Å². The van der Waals surface area contributed by atoms with Gasteiger partial charge in [0, 0.05) is 17.4 Å². The van der Waals surface area contributed by atoms with Gasteiger partial charge in [-0.25, -0.2) is 8.78 Å². The number of ether oxygens (including phenoxy) is 1. The van der Waals surface area contributed by atoms with Gasteiger partial charge in [0.05, 0.1) is 16.2 Å². The summed E-state index contributed by atoms with van der Waals surface area (Å²) in [5.41, 5.74) is 1.38. The van der Waals surface area contributed by atoms with Crippen molar-refractivity contribution >= 4 is 32.6 Å². The third-order valence-corrected chi connectivity index (χ3v) is 4.24. The Morgan fingerprint density at radius 3 is 2.69 bits per heavy atom. The molecule has 138 valence electrons. The van der Waals surface area contributed by atoms with Crippen molar-refractivity contribution in [3.63, 3.8) is 0 Å². The molecule has 0 radical (unpaired) electrons. The van der Waals surface area contributed by atoms with Crippen molar-refractivity contribution in [2.24, 2.45) is 5.92 Å². The Bertz CT molecular complexity index is 871. The second kappa shape index (κ2) is 8.43. The number of H-pyrrole nitrogens is 1. The number of likely N-dealkylation sites (N-methyl/N-ethyl adjacent to an activating group) is 1. The molecule has 0 aliphatic rings. The van der Waals surface area contributed by atoms with Crippen LogP contribution in [0.15, 0.2) is 34.8 Å². The Kier molecular flexibility index (Phi) is 6.51. The van der Waals surface area contributed by atoms with E-state index in [1.54, 1.807) is 18.2 Å². The SMILES string of the molecule is C=C(CN(C)C)C(C#N)C(=O)c1cc2cc(OCC(F)F)c(Br)cc2[nH]1. The van der Waals surface area contributed by atoms with Crippen LogP contribution in [0.25, 0.3) is 10.9 Å². The zero-order valence-corrected chi connectivity index (χ0v) is 15.9. The standard InChI is InChI=1S/C18H18BrF2N3O2/c1-10(8-24(2)3)12(7-22)18(25)15-4-11-5-16(26-9-17(20)21)13(19)6-14(11)23-15/h4-6,12,17,23H,1,8-9H2,2-3H3. The first-order valence-corrected chi connectivity index (χ1v) is 8.51. The zero-order valence-electron chi connectivity index (χ0n) is 14.4. The fourth-order valence-corrected chi connectivity index (χ4v) is 2.98. The lowest BCUT2D eigenvalue weighted by atomic mass is 9.95. The maximum atomic E-state index is 12.7. The van der Waals surface area contributed by atoms with Gasteiger partial charge in [0.2, 0.25) is 0 Å². The van der Waals surface area contributed by atoms with Gasteiger partial charge in [-0.2, -0.15) is 5.26 Å². The molecule has 0 saturated heterocycles. The normalized spacial score (nSPS) is 12.4. The van der Waals surface area contributed by atoms with Gasteiger partial charge in [-0.3, -0.25) is 4.79 Å². The first-order chi connectivity index (χ1) is 12.2. The van der Waals surface area contributed by atoms with E-state index in [1.165, 1.54) is 0 Å². The lowest BCUT2D eigenvalue weighted by Gasteiger charge is -2.15. The van der Waals surface area contributed by atoms with E-state index in [-0.39, 0.29) is 17.2 Å². The summed E-state index contributed by atoms with van der Waals surface area (Å²) in [7, 11) is 3.65. The largest absolute Gasteiger partial charge is 0.486 e. The summed E-state index contributed by atoms with van der Waals surface area (Å²) in [6.45, 7) is 3.54. The van der Waals surface area contributed by atoms with Gasteiger partial charge in [0.15, 0.2) is 5.78 Å². The number of nitrogens with zero attached hydrogens (tertiary/aromatic N) is 2. The van der Waals surface area contributed by atoms with Crippen molar-refractivity contribution in [3.05, 3.63) is 40.5 Å². The summed E-state index contributed by atoms with van der Waals surface area (Å²) in [5, 5.41) is 9.98. The lowest BCUT2D eigenvalue weighted by molar-refractivity contribution is 0.0816. The van der Waals surface area contributed by atoms with Gasteiger partial charge in [-0.05, 0) is 53.8 Å². The second-order valence-electron chi connectivity index (χ2n) is 6.08. The number of alkyl halides is 2. The van der Waals surface area contributed by atoms with Crippen molar-refractivity contribution in [2.45, 2.75) is 6.43 Å². The number of Topliss-reactive ketones (excluding diaryl/α,β-unsaturated/α-hetero) is 1. The average molecular weight is 426 g/mol. The third kappa shape index (κ3) is 4.68. The van der Waals surface area contributed by atoms with Gasteiger partial charge in [0.25, 0.3) is 6.43 Å². The van der Waals surface area contributed by atoms with E-state index in [2.05, 4.69) is 27.5 Å². The Morgan fingerprint density at radius 2 is 2.12 bits per heavy atom. The van der Waals surface area contributed by atoms with E-state index < -0.39 is 19.0 Å². The Morgan fingerprint density at radius 1 is 1.42 bits per heavy atom. The molecule has 5 nitrogen and oxygen atoms in total. The molecule has 0 spiro atoms. The van der Waals surface area contributed by atoms with Gasteiger partial charge in [0.1, 0.15) is 18.3 Å². The van der Waals surface area contributed by atoms with E-state index >= 15 is 0 Å². The van der Waals surface area contributed by atoms with Crippen molar-refractivity contribution in [3.8, 4) is 11.8 Å². The molecule has 0 aliphatic carbocycles. The van der Waals surface area contributed by atoms with Crippen molar-refractivity contribution < 1.29 is 18.3 Å². The number of hydrogen-bond acceptors (Lipinski definition) is 4. The zero-order chi connectivity index (χ0) is 19.4. The van der Waals surface area contributed by atoms with E-state index in [9.17, 15) is 18.8 Å². The molecule has 1 aromatic heterocycles. The molecule has 1 unspecified atom stereocenters. The molecule has 1 aromatic carbocycles. The van der Waals surface area contributed by atoms with Crippen molar-refractivity contribution in [1.29, 1.82) is 5.26 Å². The van der Waals surface area contributed by atoms with Crippen LogP contribution in [0.2, 0.25) is 0 Å². The molecule has 1 N–H and O–H groups in total. The highest BCUT2D eigenvalue weighted by molar-refractivity contribution is 9.10. The summed E-state index contributed by atoms with van der Waals surface area (Å²) in [6.07, 6.45) is -2.58. The molecule has 2 aromatic rings. The number of nitrogens with one attached hydrogen (secondary N) is 1. The average Bonchev–Trinajstić information content (AvgIpc) is 2.95. The highest BCUT2D eigenvalue weighted by Gasteiger charge is 2.24. The number of aromatic amines is 1. The van der Waals surface area contributed by atoms with Gasteiger partial charge in [-0.1, -0.05) is 6.58 Å². The number of benzene rings is 1. The molecular weight excluding hydrogens is 408 g/mol. The highest BCUT2D eigenvalue weighted by Crippen LogP contribution is 2.31. The molecule has 0 bridgehead atoms. The van der Waals surface area contributed by atoms with Crippen LogP contribution in [0.4, 0.5) is 8.78 Å². The number of carbonyl (C=O) groups is 1. The molecule has 1 heterocycles.